The lowest BCUT2D eigenvalue weighted by Gasteiger charge is -2.30. The number of aliphatic hydroxyl groups is 1. The van der Waals surface area contributed by atoms with Crippen molar-refractivity contribution in [1.82, 2.24) is 24.3 Å². The first-order valence-electron chi connectivity index (χ1n) is 12.2. The van der Waals surface area contributed by atoms with E-state index in [9.17, 15) is 22.7 Å². The number of benzene rings is 1. The second-order valence-electron chi connectivity index (χ2n) is 9.49. The number of ether oxygens (including phenoxy) is 1. The van der Waals surface area contributed by atoms with E-state index < -0.39 is 18.9 Å². The minimum absolute atomic E-state index is 0.0672. The summed E-state index contributed by atoms with van der Waals surface area (Å²) in [6.45, 7) is 0.871. The summed E-state index contributed by atoms with van der Waals surface area (Å²) >= 11 is 0. The van der Waals surface area contributed by atoms with Crippen LogP contribution in [0.5, 0.6) is 5.75 Å². The highest BCUT2D eigenvalue weighted by Gasteiger charge is 2.37. The number of imidazole rings is 1. The van der Waals surface area contributed by atoms with Crippen molar-refractivity contribution in [2.24, 2.45) is 0 Å². The minimum Gasteiger partial charge on any atom is -0.493 e. The number of fused-ring (bicyclic) bond motifs is 3. The van der Waals surface area contributed by atoms with E-state index in [0.717, 1.165) is 16.9 Å². The zero-order valence-electron chi connectivity index (χ0n) is 20.4. The van der Waals surface area contributed by atoms with E-state index in [1.807, 2.05) is 0 Å². The zero-order valence-corrected chi connectivity index (χ0v) is 20.4. The van der Waals surface area contributed by atoms with Crippen molar-refractivity contribution < 1.29 is 27.4 Å². The molecule has 12 heteroatoms. The van der Waals surface area contributed by atoms with Gasteiger partial charge < -0.3 is 15.2 Å². The molecule has 1 atom stereocenters. The SMILES string of the molecule is Cc1ccc2c(n1)CN(CC(F)(F)F)C(O)c1ncn3c(NCc4c(F)ccc5c4CCCO5)ncc-2c13. The molecule has 5 heterocycles. The molecule has 0 spiro atoms. The lowest BCUT2D eigenvalue weighted by molar-refractivity contribution is -0.170. The van der Waals surface area contributed by atoms with Gasteiger partial charge in [0.1, 0.15) is 23.6 Å². The van der Waals surface area contributed by atoms with Crippen LogP contribution in [0.4, 0.5) is 23.5 Å². The van der Waals surface area contributed by atoms with E-state index in [4.69, 9.17) is 4.74 Å². The molecule has 0 aliphatic carbocycles. The van der Waals surface area contributed by atoms with Crippen molar-refractivity contribution in [3.63, 3.8) is 0 Å². The summed E-state index contributed by atoms with van der Waals surface area (Å²) in [5, 5.41) is 14.2. The third-order valence-corrected chi connectivity index (χ3v) is 6.91. The second kappa shape index (κ2) is 9.21. The molecule has 0 bridgehead atoms. The molecule has 38 heavy (non-hydrogen) atoms. The lowest BCUT2D eigenvalue weighted by atomic mass is 9.99. The number of halogens is 4. The van der Waals surface area contributed by atoms with Crippen LogP contribution in [0.1, 0.15) is 40.9 Å². The van der Waals surface area contributed by atoms with Gasteiger partial charge in [-0.1, -0.05) is 6.07 Å². The molecule has 2 aliphatic heterocycles. The van der Waals surface area contributed by atoms with Crippen molar-refractivity contribution >= 4 is 11.5 Å². The van der Waals surface area contributed by atoms with Crippen LogP contribution in [0.25, 0.3) is 16.6 Å². The summed E-state index contributed by atoms with van der Waals surface area (Å²) in [6, 6.07) is 6.55. The highest BCUT2D eigenvalue weighted by molar-refractivity contribution is 5.84. The van der Waals surface area contributed by atoms with Crippen LogP contribution < -0.4 is 10.1 Å². The van der Waals surface area contributed by atoms with E-state index in [1.54, 1.807) is 35.7 Å². The molecular weight excluding hydrogens is 504 g/mol. The molecule has 0 radical (unpaired) electrons. The van der Waals surface area contributed by atoms with Crippen LogP contribution in [-0.4, -0.2) is 48.7 Å². The van der Waals surface area contributed by atoms with E-state index in [0.29, 0.717) is 58.3 Å². The van der Waals surface area contributed by atoms with E-state index in [2.05, 4.69) is 20.3 Å². The maximum atomic E-state index is 14.8. The van der Waals surface area contributed by atoms with Crippen LogP contribution >= 0.6 is 0 Å². The number of nitrogens with one attached hydrogen (secondary N) is 1. The first kappa shape index (κ1) is 24.6. The monoisotopic (exact) mass is 528 g/mol. The van der Waals surface area contributed by atoms with Crippen molar-refractivity contribution in [2.75, 3.05) is 18.5 Å². The van der Waals surface area contributed by atoms with Crippen LogP contribution in [0, 0.1) is 12.7 Å². The van der Waals surface area contributed by atoms with Gasteiger partial charge in [0, 0.05) is 47.2 Å². The Hall–Kier alpha value is -3.77. The maximum absolute atomic E-state index is 14.8. The average Bonchev–Trinajstić information content (AvgIpc) is 3.32. The Morgan fingerprint density at radius 1 is 1.16 bits per heavy atom. The number of hydrogen-bond acceptors (Lipinski definition) is 7. The predicted octanol–water partition coefficient (Wildman–Crippen LogP) is 4.54. The maximum Gasteiger partial charge on any atom is 0.401 e. The predicted molar refractivity (Wildman–Crippen MR) is 130 cm³/mol. The Kier molecular flexibility index (Phi) is 5.95. The number of aromatic nitrogens is 4. The third-order valence-electron chi connectivity index (χ3n) is 6.91. The number of aryl methyl sites for hydroxylation is 1. The molecule has 6 rings (SSSR count). The van der Waals surface area contributed by atoms with Gasteiger partial charge >= 0.3 is 6.18 Å². The van der Waals surface area contributed by atoms with Crippen molar-refractivity contribution in [2.45, 2.75) is 45.3 Å². The van der Waals surface area contributed by atoms with Crippen molar-refractivity contribution in [3.8, 4) is 16.9 Å². The summed E-state index contributed by atoms with van der Waals surface area (Å²) in [6.07, 6.45) is -1.74. The van der Waals surface area contributed by atoms with Crippen LogP contribution in [-0.2, 0) is 19.5 Å². The summed E-state index contributed by atoms with van der Waals surface area (Å²) in [7, 11) is 0. The minimum atomic E-state index is -4.54. The third kappa shape index (κ3) is 4.33. The number of rotatable bonds is 4. The molecule has 4 aromatic rings. The molecule has 0 saturated carbocycles. The van der Waals surface area contributed by atoms with Gasteiger partial charge in [0.25, 0.3) is 0 Å². The van der Waals surface area contributed by atoms with Crippen LogP contribution in [0.2, 0.25) is 0 Å². The standard InChI is InChI=1S/C26H24F4N6O2/c1-14-4-5-15-18-10-32-25(31-9-17-16-3-2-8-38-21(16)7-6-19(17)27)36-13-33-22(23(18)36)24(37)35(11-20(15)34-14)12-26(28,29)30/h4-7,10,13,24,37H,2-3,8-9,11-12H2,1H3,(H,31,32). The van der Waals surface area contributed by atoms with Gasteiger partial charge in [-0.25, -0.2) is 14.4 Å². The van der Waals surface area contributed by atoms with E-state index in [1.165, 1.54) is 12.4 Å². The molecule has 1 aromatic carbocycles. The molecule has 0 amide bonds. The summed E-state index contributed by atoms with van der Waals surface area (Å²) < 4.78 is 62.3. The fourth-order valence-electron chi connectivity index (χ4n) is 5.20. The molecule has 198 valence electrons. The fourth-order valence-corrected chi connectivity index (χ4v) is 5.20. The van der Waals surface area contributed by atoms with Gasteiger partial charge in [-0.2, -0.15) is 13.2 Å². The number of pyridine rings is 1. The Bertz CT molecular complexity index is 1540. The highest BCUT2D eigenvalue weighted by Crippen LogP contribution is 2.38. The zero-order chi connectivity index (χ0) is 26.6. The molecular formula is C26H24F4N6O2. The quantitative estimate of drug-likeness (QED) is 0.376. The molecule has 0 saturated heterocycles. The highest BCUT2D eigenvalue weighted by atomic mass is 19.4. The Balaban J connectivity index is 1.44. The van der Waals surface area contributed by atoms with Crippen LogP contribution in [0.3, 0.4) is 0 Å². The number of aliphatic hydroxyl groups excluding tert-OH is 1. The topological polar surface area (TPSA) is 87.8 Å². The van der Waals surface area contributed by atoms with Crippen molar-refractivity contribution in [3.05, 3.63) is 70.8 Å². The largest absolute Gasteiger partial charge is 0.493 e. The number of anilines is 1. The van der Waals surface area contributed by atoms with Gasteiger partial charge in [0.05, 0.1) is 24.4 Å². The molecule has 8 nitrogen and oxygen atoms in total. The number of hydrogen-bond donors (Lipinski definition) is 2. The average molecular weight is 529 g/mol. The Morgan fingerprint density at radius 2 is 2.00 bits per heavy atom. The fraction of sp³-hybridized carbons (Fsp3) is 0.346. The van der Waals surface area contributed by atoms with Crippen LogP contribution in [0.15, 0.2) is 36.8 Å². The summed E-state index contributed by atoms with van der Waals surface area (Å²) in [4.78, 5) is 14.2. The van der Waals surface area contributed by atoms with Gasteiger partial charge in [-0.15, -0.1) is 0 Å². The Labute approximate surface area is 214 Å². The normalized spacial score (nSPS) is 17.4. The smallest absolute Gasteiger partial charge is 0.401 e. The van der Waals surface area contributed by atoms with Gasteiger partial charge in [-0.05, 0) is 38.0 Å². The second-order valence-corrected chi connectivity index (χ2v) is 9.49. The number of alkyl halides is 3. The lowest BCUT2D eigenvalue weighted by Crippen LogP contribution is -2.38. The van der Waals surface area contributed by atoms with Crippen molar-refractivity contribution in [1.29, 1.82) is 0 Å². The van der Waals surface area contributed by atoms with E-state index in [-0.39, 0.29) is 24.6 Å². The first-order valence-corrected chi connectivity index (χ1v) is 12.2. The molecule has 1 unspecified atom stereocenters. The summed E-state index contributed by atoms with van der Waals surface area (Å²) in [5.41, 5.74) is 3.93. The van der Waals surface area contributed by atoms with Gasteiger partial charge in [0.15, 0.2) is 6.23 Å². The molecule has 2 N–H and O–H groups in total. The molecule has 3 aromatic heterocycles. The molecule has 0 fully saturated rings. The number of nitrogens with zero attached hydrogens (tertiary/aromatic N) is 5. The summed E-state index contributed by atoms with van der Waals surface area (Å²) in [5.74, 6) is 0.583. The van der Waals surface area contributed by atoms with Gasteiger partial charge in [0.2, 0.25) is 5.95 Å². The van der Waals surface area contributed by atoms with Gasteiger partial charge in [-0.3, -0.25) is 14.3 Å². The Morgan fingerprint density at radius 3 is 2.82 bits per heavy atom. The first-order chi connectivity index (χ1) is 18.2. The molecule has 2 aliphatic rings. The van der Waals surface area contributed by atoms with E-state index >= 15 is 0 Å².